The Morgan fingerprint density at radius 2 is 2.50 bits per heavy atom. The first-order valence-corrected chi connectivity index (χ1v) is 6.74. The van der Waals surface area contributed by atoms with E-state index in [-0.39, 0.29) is 5.78 Å². The minimum absolute atomic E-state index is 0.119. The first-order chi connectivity index (χ1) is 7.70. The van der Waals surface area contributed by atoms with Crippen molar-refractivity contribution in [2.75, 3.05) is 18.0 Å². The molecule has 0 saturated carbocycles. The summed E-state index contributed by atoms with van der Waals surface area (Å²) in [6.45, 7) is 6.04. The summed E-state index contributed by atoms with van der Waals surface area (Å²) in [5, 5.41) is 1.02. The van der Waals surface area contributed by atoms with E-state index >= 15 is 0 Å². The van der Waals surface area contributed by atoms with E-state index in [1.807, 2.05) is 0 Å². The molecule has 1 saturated heterocycles. The predicted octanol–water partition coefficient (Wildman–Crippen LogP) is 2.97. The molecule has 0 aliphatic carbocycles. The number of carbonyl (C=O) groups excluding carboxylic acids is 1. The van der Waals surface area contributed by atoms with Crippen molar-refractivity contribution in [2.24, 2.45) is 5.92 Å². The zero-order chi connectivity index (χ0) is 11.5. The van der Waals surface area contributed by atoms with Gasteiger partial charge in [-0.15, -0.1) is 0 Å². The predicted molar refractivity (Wildman–Crippen MR) is 67.3 cm³/mol. The molecule has 0 aromatic carbocycles. The van der Waals surface area contributed by atoms with Crippen molar-refractivity contribution in [1.29, 1.82) is 0 Å². The molecule has 1 aromatic rings. The summed E-state index contributed by atoms with van der Waals surface area (Å²) in [5.74, 6) is 0.933. The van der Waals surface area contributed by atoms with Crippen molar-refractivity contribution in [1.82, 2.24) is 4.98 Å². The average Bonchev–Trinajstić information content (AvgIpc) is 2.84. The molecule has 88 valence electrons. The Morgan fingerprint density at radius 1 is 1.69 bits per heavy atom. The maximum Gasteiger partial charge on any atom is 0.185 e. The van der Waals surface area contributed by atoms with Gasteiger partial charge < -0.3 is 4.90 Å². The molecule has 2 rings (SSSR count). The monoisotopic (exact) mass is 238 g/mol. The Balaban J connectivity index is 2.00. The number of nitrogens with zero attached hydrogens (tertiary/aromatic N) is 2. The lowest BCUT2D eigenvalue weighted by molar-refractivity contribution is 0.102. The van der Waals surface area contributed by atoms with Crippen LogP contribution < -0.4 is 4.90 Å². The van der Waals surface area contributed by atoms with Gasteiger partial charge in [0.2, 0.25) is 0 Å². The second kappa shape index (κ2) is 4.95. The van der Waals surface area contributed by atoms with E-state index in [1.165, 1.54) is 30.6 Å². The number of carbonyl (C=O) groups is 1. The summed E-state index contributed by atoms with van der Waals surface area (Å²) in [7, 11) is 0. The van der Waals surface area contributed by atoms with Gasteiger partial charge in [-0.25, -0.2) is 4.98 Å². The lowest BCUT2D eigenvalue weighted by atomic mass is 10.0. The minimum atomic E-state index is 0.119. The normalized spacial score (nSPS) is 20.4. The van der Waals surface area contributed by atoms with Crippen molar-refractivity contribution in [3.8, 4) is 0 Å². The molecule has 1 aliphatic rings. The van der Waals surface area contributed by atoms with Crippen LogP contribution in [0.15, 0.2) is 6.20 Å². The fraction of sp³-hybridized carbons (Fsp3) is 0.667. The van der Waals surface area contributed by atoms with Gasteiger partial charge in [0.25, 0.3) is 0 Å². The third-order valence-corrected chi connectivity index (χ3v) is 4.25. The van der Waals surface area contributed by atoms with Gasteiger partial charge in [0.15, 0.2) is 10.9 Å². The third-order valence-electron chi connectivity index (χ3n) is 3.09. The molecule has 1 aromatic heterocycles. The van der Waals surface area contributed by atoms with Gasteiger partial charge in [0.05, 0.1) is 11.1 Å². The summed E-state index contributed by atoms with van der Waals surface area (Å²) in [5.41, 5.74) is 0. The molecule has 0 bridgehead atoms. The quantitative estimate of drug-likeness (QED) is 0.756. The molecule has 1 atom stereocenters. The summed E-state index contributed by atoms with van der Waals surface area (Å²) in [6.07, 6.45) is 5.54. The van der Waals surface area contributed by atoms with Crippen molar-refractivity contribution in [3.05, 3.63) is 11.1 Å². The number of aromatic nitrogens is 1. The molecule has 2 heterocycles. The maximum absolute atomic E-state index is 11.2. The summed E-state index contributed by atoms with van der Waals surface area (Å²) < 4.78 is 0. The van der Waals surface area contributed by atoms with Crippen LogP contribution in [0.2, 0.25) is 0 Å². The van der Waals surface area contributed by atoms with Crippen LogP contribution in [-0.4, -0.2) is 23.9 Å². The van der Waals surface area contributed by atoms with Crippen LogP contribution in [0, 0.1) is 5.92 Å². The van der Waals surface area contributed by atoms with E-state index in [1.54, 1.807) is 13.1 Å². The lowest BCUT2D eigenvalue weighted by Gasteiger charge is -2.14. The second-order valence-electron chi connectivity index (χ2n) is 4.45. The van der Waals surface area contributed by atoms with Crippen molar-refractivity contribution in [2.45, 2.75) is 33.1 Å². The largest absolute Gasteiger partial charge is 0.348 e. The Labute approximate surface area is 100 Å². The number of Topliss-reactive ketones (excluding diaryl/α,β-unsaturated/α-hetero) is 1. The van der Waals surface area contributed by atoms with Gasteiger partial charge in [-0.2, -0.15) is 0 Å². The van der Waals surface area contributed by atoms with E-state index < -0.39 is 0 Å². The molecule has 3 nitrogen and oxygen atoms in total. The fourth-order valence-corrected chi connectivity index (χ4v) is 3.07. The Hall–Kier alpha value is -0.900. The van der Waals surface area contributed by atoms with E-state index in [0.717, 1.165) is 29.0 Å². The maximum atomic E-state index is 11.2. The molecule has 1 fully saturated rings. The number of anilines is 1. The Kier molecular flexibility index (Phi) is 3.59. The molecule has 0 spiro atoms. The molecule has 1 unspecified atom stereocenters. The topological polar surface area (TPSA) is 33.2 Å². The summed E-state index contributed by atoms with van der Waals surface area (Å²) in [4.78, 5) is 18.6. The smallest absolute Gasteiger partial charge is 0.185 e. The van der Waals surface area contributed by atoms with Crippen molar-refractivity contribution >= 4 is 22.3 Å². The van der Waals surface area contributed by atoms with Gasteiger partial charge in [0.1, 0.15) is 0 Å². The molecule has 0 radical (unpaired) electrons. The zero-order valence-corrected chi connectivity index (χ0v) is 10.7. The fourth-order valence-electron chi connectivity index (χ4n) is 2.22. The highest BCUT2D eigenvalue weighted by atomic mass is 32.1. The van der Waals surface area contributed by atoms with Crippen LogP contribution in [0.4, 0.5) is 5.13 Å². The average molecular weight is 238 g/mol. The summed E-state index contributed by atoms with van der Waals surface area (Å²) >= 11 is 1.52. The van der Waals surface area contributed by atoms with Gasteiger partial charge in [-0.05, 0) is 18.8 Å². The molecule has 0 amide bonds. The van der Waals surface area contributed by atoms with Crippen LogP contribution >= 0.6 is 11.3 Å². The Morgan fingerprint density at radius 3 is 3.12 bits per heavy atom. The molecule has 16 heavy (non-hydrogen) atoms. The highest BCUT2D eigenvalue weighted by Crippen LogP contribution is 2.29. The number of hydrogen-bond acceptors (Lipinski definition) is 4. The first-order valence-electron chi connectivity index (χ1n) is 5.92. The van der Waals surface area contributed by atoms with Crippen molar-refractivity contribution in [3.63, 3.8) is 0 Å². The van der Waals surface area contributed by atoms with Crippen LogP contribution in [0.1, 0.15) is 42.8 Å². The molecular formula is C12H18N2OS. The molecule has 0 N–H and O–H groups in total. The molecule has 4 heteroatoms. The van der Waals surface area contributed by atoms with E-state index in [2.05, 4.69) is 16.8 Å². The van der Waals surface area contributed by atoms with Crippen LogP contribution in [-0.2, 0) is 0 Å². The van der Waals surface area contributed by atoms with Gasteiger partial charge in [-0.1, -0.05) is 24.7 Å². The number of hydrogen-bond donors (Lipinski definition) is 0. The van der Waals surface area contributed by atoms with Gasteiger partial charge in [0, 0.05) is 20.0 Å². The van der Waals surface area contributed by atoms with E-state index in [0.29, 0.717) is 0 Å². The molecular weight excluding hydrogens is 220 g/mol. The highest BCUT2D eigenvalue weighted by molar-refractivity contribution is 7.17. The Bertz CT molecular complexity index is 375. The van der Waals surface area contributed by atoms with Gasteiger partial charge in [-0.3, -0.25) is 4.79 Å². The van der Waals surface area contributed by atoms with Crippen molar-refractivity contribution < 1.29 is 4.79 Å². The third kappa shape index (κ3) is 2.43. The van der Waals surface area contributed by atoms with Crippen LogP contribution in [0.25, 0.3) is 0 Å². The highest BCUT2D eigenvalue weighted by Gasteiger charge is 2.24. The number of ketones is 1. The second-order valence-corrected chi connectivity index (χ2v) is 5.46. The lowest BCUT2D eigenvalue weighted by Crippen LogP contribution is -2.19. The van der Waals surface area contributed by atoms with E-state index in [9.17, 15) is 4.79 Å². The van der Waals surface area contributed by atoms with Crippen LogP contribution in [0.5, 0.6) is 0 Å². The van der Waals surface area contributed by atoms with E-state index in [4.69, 9.17) is 0 Å². The number of rotatable bonds is 4. The standard InChI is InChI=1S/C12H18N2OS/c1-3-4-10-5-6-14(8-10)12-13-7-11(16-12)9(2)15/h7,10H,3-6,8H2,1-2H3. The number of thiazole rings is 1. The van der Waals surface area contributed by atoms with Crippen LogP contribution in [0.3, 0.4) is 0 Å². The summed E-state index contributed by atoms with van der Waals surface area (Å²) in [6, 6.07) is 0. The SMILES string of the molecule is CCCC1CCN(c2ncc(C(C)=O)s2)C1. The zero-order valence-electron chi connectivity index (χ0n) is 9.90. The minimum Gasteiger partial charge on any atom is -0.348 e. The first kappa shape index (κ1) is 11.6. The molecule has 1 aliphatic heterocycles. The van der Waals surface area contributed by atoms with Gasteiger partial charge >= 0.3 is 0 Å².